The van der Waals surface area contributed by atoms with E-state index in [-0.39, 0.29) is 6.04 Å². The van der Waals surface area contributed by atoms with Crippen LogP contribution in [0.15, 0.2) is 0 Å². The Morgan fingerprint density at radius 3 is 2.71 bits per heavy atom. The second kappa shape index (κ2) is 6.02. The number of hydrogen-bond acceptors (Lipinski definition) is 3. The van der Waals surface area contributed by atoms with Crippen LogP contribution in [0.3, 0.4) is 0 Å². The second-order valence-electron chi connectivity index (χ2n) is 3.85. The topological polar surface area (TPSA) is 47.3 Å². The normalized spacial score (nSPS) is 22.6. The molecule has 14 heavy (non-hydrogen) atoms. The highest BCUT2D eigenvalue weighted by Crippen LogP contribution is 2.18. The van der Waals surface area contributed by atoms with Crippen LogP contribution in [0.5, 0.6) is 0 Å². The molecule has 2 unspecified atom stereocenters. The van der Waals surface area contributed by atoms with E-state index in [9.17, 15) is 0 Å². The molecule has 0 aromatic rings. The molecule has 3 heteroatoms. The lowest BCUT2D eigenvalue weighted by Crippen LogP contribution is -2.47. The summed E-state index contributed by atoms with van der Waals surface area (Å²) in [7, 11) is 0. The van der Waals surface area contributed by atoms with Gasteiger partial charge in [0.15, 0.2) is 0 Å². The third-order valence-corrected chi connectivity index (χ3v) is 2.80. The molecule has 2 atom stereocenters. The molecular weight excluding hydrogens is 176 g/mol. The molecule has 3 nitrogen and oxygen atoms in total. The Morgan fingerprint density at radius 1 is 1.57 bits per heavy atom. The van der Waals surface area contributed by atoms with Crippen LogP contribution < -0.4 is 11.1 Å². The van der Waals surface area contributed by atoms with Gasteiger partial charge in [-0.3, -0.25) is 5.32 Å². The van der Waals surface area contributed by atoms with Crippen LogP contribution in [0.1, 0.15) is 19.8 Å². The quantitative estimate of drug-likeness (QED) is 0.638. The van der Waals surface area contributed by atoms with Gasteiger partial charge in [0.05, 0.1) is 6.04 Å². The minimum absolute atomic E-state index is 0.103. The maximum atomic E-state index is 5.73. The largest absolute Gasteiger partial charge is 0.381 e. The second-order valence-corrected chi connectivity index (χ2v) is 3.85. The van der Waals surface area contributed by atoms with Crippen molar-refractivity contribution in [2.45, 2.75) is 31.8 Å². The summed E-state index contributed by atoms with van der Waals surface area (Å²) in [6, 6.07) is 0.441. The number of hydrogen-bond donors (Lipinski definition) is 2. The third-order valence-electron chi connectivity index (χ3n) is 2.80. The van der Waals surface area contributed by atoms with E-state index in [2.05, 4.69) is 11.2 Å². The molecule has 0 saturated carbocycles. The van der Waals surface area contributed by atoms with Crippen LogP contribution in [-0.2, 0) is 4.74 Å². The number of nitrogens with two attached hydrogens (primary N) is 1. The van der Waals surface area contributed by atoms with Crippen LogP contribution in [0.2, 0.25) is 0 Å². The Hall–Kier alpha value is -0.560. The maximum Gasteiger partial charge on any atom is 0.0660 e. The standard InChI is InChI=1S/C11H20N2O/c1-3-9(2)13-11(8-12)10-4-6-14-7-5-10/h1,9-11,13H,4-8,12H2,2H3. The predicted molar refractivity (Wildman–Crippen MR) is 57.8 cm³/mol. The van der Waals surface area contributed by atoms with Crippen molar-refractivity contribution in [3.8, 4) is 12.3 Å². The molecule has 0 aliphatic carbocycles. The van der Waals surface area contributed by atoms with Crippen molar-refractivity contribution < 1.29 is 4.74 Å². The fraction of sp³-hybridized carbons (Fsp3) is 0.818. The first-order valence-electron chi connectivity index (χ1n) is 5.28. The van der Waals surface area contributed by atoms with Gasteiger partial charge >= 0.3 is 0 Å². The molecule has 1 aliphatic rings. The van der Waals surface area contributed by atoms with E-state index in [0.717, 1.165) is 26.1 Å². The summed E-state index contributed by atoms with van der Waals surface area (Å²) >= 11 is 0. The molecule has 1 aliphatic heterocycles. The van der Waals surface area contributed by atoms with Gasteiger partial charge in [0.1, 0.15) is 0 Å². The summed E-state index contributed by atoms with van der Waals surface area (Å²) in [5.41, 5.74) is 5.73. The predicted octanol–water partition coefficient (Wildman–Crippen LogP) is 0.352. The lowest BCUT2D eigenvalue weighted by molar-refractivity contribution is 0.0542. The van der Waals surface area contributed by atoms with E-state index < -0.39 is 0 Å². The number of terminal acetylenes is 1. The van der Waals surface area contributed by atoms with Crippen LogP contribution in [0.4, 0.5) is 0 Å². The van der Waals surface area contributed by atoms with E-state index in [1.54, 1.807) is 0 Å². The highest BCUT2D eigenvalue weighted by Gasteiger charge is 2.23. The molecule has 0 bridgehead atoms. The molecule has 80 valence electrons. The Bertz CT molecular complexity index is 194. The molecule has 3 N–H and O–H groups in total. The summed E-state index contributed by atoms with van der Waals surface area (Å²) in [5, 5.41) is 3.37. The minimum atomic E-state index is 0.103. The molecule has 1 rings (SSSR count). The maximum absolute atomic E-state index is 5.73. The lowest BCUT2D eigenvalue weighted by Gasteiger charge is -2.31. The summed E-state index contributed by atoms with van der Waals surface area (Å²) < 4.78 is 5.32. The Balaban J connectivity index is 2.40. The van der Waals surface area contributed by atoms with E-state index in [1.165, 1.54) is 0 Å². The molecular formula is C11H20N2O. The van der Waals surface area contributed by atoms with Gasteiger partial charge in [-0.15, -0.1) is 6.42 Å². The van der Waals surface area contributed by atoms with Crippen molar-refractivity contribution in [3.63, 3.8) is 0 Å². The Kier molecular flexibility index (Phi) is 4.95. The smallest absolute Gasteiger partial charge is 0.0660 e. The van der Waals surface area contributed by atoms with Gasteiger partial charge in [-0.2, -0.15) is 0 Å². The highest BCUT2D eigenvalue weighted by molar-refractivity contribution is 4.98. The van der Waals surface area contributed by atoms with E-state index in [0.29, 0.717) is 18.5 Å². The van der Waals surface area contributed by atoms with Gasteiger partial charge in [0.2, 0.25) is 0 Å². The zero-order valence-electron chi connectivity index (χ0n) is 8.83. The fourth-order valence-electron chi connectivity index (χ4n) is 1.88. The van der Waals surface area contributed by atoms with Gasteiger partial charge in [-0.25, -0.2) is 0 Å². The molecule has 0 radical (unpaired) electrons. The van der Waals surface area contributed by atoms with Crippen molar-refractivity contribution in [2.75, 3.05) is 19.8 Å². The van der Waals surface area contributed by atoms with Crippen molar-refractivity contribution in [1.82, 2.24) is 5.32 Å². The SMILES string of the molecule is C#CC(C)NC(CN)C1CCOCC1. The first-order valence-corrected chi connectivity index (χ1v) is 5.28. The van der Waals surface area contributed by atoms with Crippen LogP contribution in [0, 0.1) is 18.3 Å². The Morgan fingerprint density at radius 2 is 2.21 bits per heavy atom. The summed E-state index contributed by atoms with van der Waals surface area (Å²) in [5.74, 6) is 3.29. The lowest BCUT2D eigenvalue weighted by atomic mass is 9.91. The first-order chi connectivity index (χ1) is 6.77. The zero-order chi connectivity index (χ0) is 10.4. The number of ether oxygens (including phenoxy) is 1. The number of rotatable bonds is 4. The van der Waals surface area contributed by atoms with Gasteiger partial charge in [-0.1, -0.05) is 5.92 Å². The minimum Gasteiger partial charge on any atom is -0.381 e. The summed E-state index contributed by atoms with van der Waals surface area (Å²) in [6.45, 7) is 4.35. The molecule has 0 spiro atoms. The Labute approximate surface area is 86.4 Å². The fourth-order valence-corrected chi connectivity index (χ4v) is 1.88. The molecule has 1 saturated heterocycles. The first kappa shape index (κ1) is 11.5. The summed E-state index contributed by atoms with van der Waals surface area (Å²) in [6.07, 6.45) is 7.51. The van der Waals surface area contributed by atoms with Crippen molar-refractivity contribution in [2.24, 2.45) is 11.7 Å². The van der Waals surface area contributed by atoms with Crippen LogP contribution in [0.25, 0.3) is 0 Å². The van der Waals surface area contributed by atoms with Gasteiger partial charge in [0, 0.05) is 25.8 Å². The molecule has 1 fully saturated rings. The highest BCUT2D eigenvalue weighted by atomic mass is 16.5. The van der Waals surface area contributed by atoms with Gasteiger partial charge < -0.3 is 10.5 Å². The van der Waals surface area contributed by atoms with Crippen molar-refractivity contribution >= 4 is 0 Å². The van der Waals surface area contributed by atoms with Crippen LogP contribution >= 0.6 is 0 Å². The van der Waals surface area contributed by atoms with Crippen molar-refractivity contribution in [1.29, 1.82) is 0 Å². The van der Waals surface area contributed by atoms with E-state index in [1.807, 2.05) is 6.92 Å². The molecule has 0 aromatic heterocycles. The monoisotopic (exact) mass is 196 g/mol. The van der Waals surface area contributed by atoms with Gasteiger partial charge in [0.25, 0.3) is 0 Å². The van der Waals surface area contributed by atoms with Crippen LogP contribution in [-0.4, -0.2) is 31.8 Å². The molecule has 0 aromatic carbocycles. The average molecular weight is 196 g/mol. The molecule has 0 amide bonds. The number of nitrogens with one attached hydrogen (secondary N) is 1. The molecule has 1 heterocycles. The van der Waals surface area contributed by atoms with E-state index >= 15 is 0 Å². The summed E-state index contributed by atoms with van der Waals surface area (Å²) in [4.78, 5) is 0. The van der Waals surface area contributed by atoms with Gasteiger partial charge in [-0.05, 0) is 25.7 Å². The van der Waals surface area contributed by atoms with E-state index in [4.69, 9.17) is 16.9 Å². The zero-order valence-corrected chi connectivity index (χ0v) is 8.83. The third kappa shape index (κ3) is 3.30. The average Bonchev–Trinajstić information content (AvgIpc) is 2.26. The van der Waals surface area contributed by atoms with Crippen molar-refractivity contribution in [3.05, 3.63) is 0 Å².